The summed E-state index contributed by atoms with van der Waals surface area (Å²) in [6.07, 6.45) is 1.83. The predicted octanol–water partition coefficient (Wildman–Crippen LogP) is 5.44. The van der Waals surface area contributed by atoms with Gasteiger partial charge in [-0.2, -0.15) is 5.01 Å². The van der Waals surface area contributed by atoms with Crippen LogP contribution in [0, 0.1) is 5.92 Å². The van der Waals surface area contributed by atoms with Crippen molar-refractivity contribution in [2.75, 3.05) is 12.5 Å². The Labute approximate surface area is 295 Å². The standard InChI is InChI=1S/C37H29Cl2N5O6/c1-50-24-14-11-21(12-15-24)37-27(33(46)43(34(37)47)40-29-16-13-22(38)19-28(29)39)20-30-25(32(37)26-9-5-6-10-31(26)45)17-18-41-35(48)42(36(49)44(30)41)23-7-3-2-4-8-23/h2-17,19,27,30,32,40,45H,18,20H2,1H3. The van der Waals surface area contributed by atoms with E-state index in [1.807, 2.05) is 6.08 Å². The first-order valence-electron chi connectivity index (χ1n) is 15.9. The number of hydrazine groups is 1. The molecule has 0 spiro atoms. The van der Waals surface area contributed by atoms with Gasteiger partial charge >= 0.3 is 11.4 Å². The predicted molar refractivity (Wildman–Crippen MR) is 187 cm³/mol. The van der Waals surface area contributed by atoms with Gasteiger partial charge in [-0.15, -0.1) is 0 Å². The summed E-state index contributed by atoms with van der Waals surface area (Å²) >= 11 is 12.6. The third-order valence-electron chi connectivity index (χ3n) is 10.1. The van der Waals surface area contributed by atoms with Crippen LogP contribution in [0.4, 0.5) is 5.69 Å². The SMILES string of the molecule is COc1ccc(C23C(=O)N(Nc4ccc(Cl)cc4Cl)C(=O)C2CC2C(=CCn4c(=O)n(-c5ccccc5)c(=O)n42)C3c2ccccc2O)cc1. The summed E-state index contributed by atoms with van der Waals surface area (Å²) < 4.78 is 9.28. The number of aromatic nitrogens is 3. The summed E-state index contributed by atoms with van der Waals surface area (Å²) in [4.78, 5) is 58.0. The van der Waals surface area contributed by atoms with Crippen molar-refractivity contribution in [3.63, 3.8) is 0 Å². The van der Waals surface area contributed by atoms with Crippen LogP contribution in [0.1, 0.15) is 29.5 Å². The van der Waals surface area contributed by atoms with Crippen LogP contribution < -0.4 is 21.5 Å². The lowest BCUT2D eigenvalue weighted by Crippen LogP contribution is -2.53. The van der Waals surface area contributed by atoms with E-state index < -0.39 is 46.5 Å². The van der Waals surface area contributed by atoms with Crippen LogP contribution in [0.2, 0.25) is 10.0 Å². The van der Waals surface area contributed by atoms with Crippen molar-refractivity contribution >= 4 is 40.7 Å². The zero-order chi connectivity index (χ0) is 34.9. The van der Waals surface area contributed by atoms with E-state index in [-0.39, 0.29) is 29.4 Å². The summed E-state index contributed by atoms with van der Waals surface area (Å²) in [5, 5.41) is 13.0. The largest absolute Gasteiger partial charge is 0.508 e. The van der Waals surface area contributed by atoms with E-state index in [1.54, 1.807) is 84.9 Å². The Kier molecular flexibility index (Phi) is 7.50. The van der Waals surface area contributed by atoms with E-state index in [0.29, 0.717) is 33.2 Å². The van der Waals surface area contributed by atoms with Gasteiger partial charge in [-0.25, -0.2) is 23.5 Å². The fourth-order valence-electron chi connectivity index (χ4n) is 7.98. The molecule has 4 aromatic carbocycles. The van der Waals surface area contributed by atoms with Gasteiger partial charge in [0.05, 0.1) is 47.4 Å². The molecule has 1 aliphatic carbocycles. The van der Waals surface area contributed by atoms with Crippen molar-refractivity contribution in [3.8, 4) is 17.2 Å². The molecule has 2 amide bonds. The fourth-order valence-corrected chi connectivity index (χ4v) is 8.43. The van der Waals surface area contributed by atoms with Gasteiger partial charge < -0.3 is 9.84 Å². The van der Waals surface area contributed by atoms with Gasteiger partial charge in [-0.1, -0.05) is 77.8 Å². The van der Waals surface area contributed by atoms with Crippen LogP contribution in [-0.4, -0.2) is 43.0 Å². The number of ether oxygens (including phenoxy) is 1. The lowest BCUT2D eigenvalue weighted by atomic mass is 9.53. The molecule has 13 heteroatoms. The highest BCUT2D eigenvalue weighted by Crippen LogP contribution is 2.62. The Balaban J connectivity index is 1.38. The number of para-hydroxylation sites is 2. The van der Waals surface area contributed by atoms with E-state index in [1.165, 1.54) is 28.6 Å². The summed E-state index contributed by atoms with van der Waals surface area (Å²) in [6.45, 7) is 0.0255. The zero-order valence-electron chi connectivity index (χ0n) is 26.5. The Hall–Kier alpha value is -5.52. The van der Waals surface area contributed by atoms with Crippen molar-refractivity contribution < 1.29 is 19.4 Å². The number of hydrogen-bond donors (Lipinski definition) is 2. The number of anilines is 1. The second kappa shape index (κ2) is 11.8. The fraction of sp³-hybridized carbons (Fsp3) is 0.189. The molecule has 1 saturated heterocycles. The Bertz CT molecular complexity index is 2350. The average Bonchev–Trinajstić information content (AvgIpc) is 3.51. The normalized spacial score (nSPS) is 22.4. The first-order valence-corrected chi connectivity index (χ1v) is 16.6. The molecule has 3 heterocycles. The van der Waals surface area contributed by atoms with Gasteiger partial charge in [-0.3, -0.25) is 15.0 Å². The van der Waals surface area contributed by atoms with E-state index >= 15 is 4.79 Å². The molecule has 11 nitrogen and oxygen atoms in total. The molecule has 4 unspecified atom stereocenters. The van der Waals surface area contributed by atoms with Gasteiger partial charge in [0.1, 0.15) is 11.5 Å². The Morgan fingerprint density at radius 1 is 0.880 bits per heavy atom. The van der Waals surface area contributed by atoms with Crippen molar-refractivity contribution in [2.24, 2.45) is 5.92 Å². The van der Waals surface area contributed by atoms with Crippen molar-refractivity contribution in [2.45, 2.75) is 30.3 Å². The van der Waals surface area contributed by atoms with Crippen molar-refractivity contribution in [1.29, 1.82) is 0 Å². The lowest BCUT2D eigenvalue weighted by molar-refractivity contribution is -0.138. The number of phenols is 1. The molecule has 1 saturated carbocycles. The van der Waals surface area contributed by atoms with Crippen LogP contribution in [0.5, 0.6) is 11.5 Å². The summed E-state index contributed by atoms with van der Waals surface area (Å²) in [5.41, 5.74) is 2.45. The van der Waals surface area contributed by atoms with Gasteiger partial charge in [0.25, 0.3) is 11.8 Å². The minimum absolute atomic E-state index is 0.00277. The zero-order valence-corrected chi connectivity index (χ0v) is 28.0. The number of nitrogens with one attached hydrogen (secondary N) is 1. The maximum Gasteiger partial charge on any atom is 0.352 e. The van der Waals surface area contributed by atoms with Crippen LogP contribution in [0.25, 0.3) is 5.69 Å². The molecule has 0 radical (unpaired) electrons. The van der Waals surface area contributed by atoms with Gasteiger partial charge in [0.2, 0.25) is 0 Å². The number of aromatic hydroxyl groups is 1. The van der Waals surface area contributed by atoms with Gasteiger partial charge in [-0.05, 0) is 66.1 Å². The monoisotopic (exact) mass is 709 g/mol. The number of imide groups is 1. The highest BCUT2D eigenvalue weighted by Gasteiger charge is 2.69. The topological polar surface area (TPSA) is 128 Å². The molecule has 2 aliphatic heterocycles. The van der Waals surface area contributed by atoms with Crippen LogP contribution >= 0.6 is 23.2 Å². The van der Waals surface area contributed by atoms with E-state index in [2.05, 4.69) is 5.43 Å². The number of hydrogen-bond acceptors (Lipinski definition) is 7. The first-order chi connectivity index (χ1) is 24.2. The molecule has 252 valence electrons. The molecule has 2 fully saturated rings. The molecular formula is C37H29Cl2N5O6. The second-order valence-electron chi connectivity index (χ2n) is 12.5. The van der Waals surface area contributed by atoms with Crippen molar-refractivity contribution in [1.82, 2.24) is 18.9 Å². The number of fused-ring (bicyclic) bond motifs is 4. The summed E-state index contributed by atoms with van der Waals surface area (Å²) in [5.74, 6) is -2.69. The van der Waals surface area contributed by atoms with Crippen LogP contribution in [0.3, 0.4) is 0 Å². The number of amides is 2. The molecule has 4 atom stereocenters. The maximum atomic E-state index is 15.2. The molecule has 50 heavy (non-hydrogen) atoms. The highest BCUT2D eigenvalue weighted by atomic mass is 35.5. The van der Waals surface area contributed by atoms with Crippen LogP contribution in [-0.2, 0) is 21.5 Å². The minimum atomic E-state index is -1.61. The summed E-state index contributed by atoms with van der Waals surface area (Å²) in [7, 11) is 1.53. The maximum absolute atomic E-state index is 15.2. The average molecular weight is 711 g/mol. The van der Waals surface area contributed by atoms with Gasteiger partial charge in [0.15, 0.2) is 0 Å². The molecule has 0 bridgehead atoms. The second-order valence-corrected chi connectivity index (χ2v) is 13.3. The molecule has 2 N–H and O–H groups in total. The van der Waals surface area contributed by atoms with Crippen LogP contribution in [0.15, 0.2) is 118 Å². The Morgan fingerprint density at radius 3 is 2.30 bits per heavy atom. The quantitative estimate of drug-likeness (QED) is 0.178. The number of carbonyl (C=O) groups is 2. The highest BCUT2D eigenvalue weighted by molar-refractivity contribution is 6.36. The number of phenolic OH excluding ortho intramolecular Hbond substituents is 1. The molecule has 3 aliphatic rings. The number of rotatable bonds is 6. The number of methoxy groups -OCH3 is 1. The third kappa shape index (κ3) is 4.50. The van der Waals surface area contributed by atoms with Gasteiger partial charge in [0, 0.05) is 16.5 Å². The number of halogens is 2. The number of benzene rings is 4. The van der Waals surface area contributed by atoms with E-state index in [9.17, 15) is 19.5 Å². The number of nitrogens with zero attached hydrogens (tertiary/aromatic N) is 4. The smallest absolute Gasteiger partial charge is 0.352 e. The number of allylic oxidation sites excluding steroid dienone is 2. The molecular weight excluding hydrogens is 681 g/mol. The summed E-state index contributed by atoms with van der Waals surface area (Å²) in [6, 6.07) is 26.1. The Morgan fingerprint density at radius 2 is 1.60 bits per heavy atom. The third-order valence-corrected chi connectivity index (χ3v) is 10.7. The minimum Gasteiger partial charge on any atom is -0.508 e. The number of carbonyl (C=O) groups excluding carboxylic acids is 2. The molecule has 8 rings (SSSR count). The molecule has 5 aromatic rings. The lowest BCUT2D eigenvalue weighted by Gasteiger charge is -2.49. The van der Waals surface area contributed by atoms with E-state index in [0.717, 1.165) is 9.58 Å². The molecule has 1 aromatic heterocycles. The first kappa shape index (κ1) is 31.7. The van der Waals surface area contributed by atoms with Crippen molar-refractivity contribution in [3.05, 3.63) is 151 Å². The van der Waals surface area contributed by atoms with E-state index in [4.69, 9.17) is 27.9 Å².